The van der Waals surface area contributed by atoms with E-state index < -0.39 is 0 Å². The number of aromatic amines is 1. The number of aliphatic hydroxyl groups excluding tert-OH is 1. The first-order valence-electron chi connectivity index (χ1n) is 4.29. The first kappa shape index (κ1) is 8.73. The molecule has 2 aromatic heterocycles. The molecule has 0 aromatic carbocycles. The normalized spacial score (nSPS) is 9.79. The lowest BCUT2D eigenvalue weighted by atomic mass is 10.2. The maximum Gasteiger partial charge on any atom is 0.108 e. The van der Waals surface area contributed by atoms with Gasteiger partial charge in [-0.3, -0.25) is 10.1 Å². The highest BCUT2D eigenvalue weighted by molar-refractivity contribution is 5.74. The number of aliphatic hydroxyl groups is 1. The molecule has 2 N–H and O–H groups in total. The molecule has 0 saturated carbocycles. The van der Waals surface area contributed by atoms with Crippen molar-refractivity contribution in [3.63, 3.8) is 0 Å². The molecule has 0 aliphatic carbocycles. The van der Waals surface area contributed by atoms with Gasteiger partial charge in [-0.15, -0.1) is 0 Å². The highest BCUT2D eigenvalue weighted by Gasteiger charge is 1.96. The van der Waals surface area contributed by atoms with Crippen molar-refractivity contribution in [2.45, 2.75) is 6.42 Å². The van der Waals surface area contributed by atoms with E-state index in [9.17, 15) is 0 Å². The lowest BCUT2D eigenvalue weighted by Gasteiger charge is -1.89. The molecule has 0 amide bonds. The Labute approximate surface area is 81.0 Å². The van der Waals surface area contributed by atoms with Gasteiger partial charge >= 0.3 is 0 Å². The molecule has 4 heteroatoms. The second-order valence-corrected chi connectivity index (χ2v) is 2.80. The van der Waals surface area contributed by atoms with Crippen molar-refractivity contribution < 1.29 is 5.11 Å². The van der Waals surface area contributed by atoms with E-state index in [1.54, 1.807) is 12.4 Å². The molecule has 0 atom stereocenters. The molecule has 0 radical (unpaired) electrons. The molecule has 0 aliphatic heterocycles. The minimum atomic E-state index is 0.0900. The van der Waals surface area contributed by atoms with Crippen LogP contribution in [0.2, 0.25) is 0 Å². The second kappa shape index (κ2) is 3.90. The minimum Gasteiger partial charge on any atom is -0.395 e. The maximum atomic E-state index is 8.55. The van der Waals surface area contributed by atoms with E-state index in [0.717, 1.165) is 16.6 Å². The van der Waals surface area contributed by atoms with Crippen molar-refractivity contribution in [3.05, 3.63) is 24.0 Å². The third-order valence-corrected chi connectivity index (χ3v) is 1.76. The maximum absolute atomic E-state index is 8.55. The van der Waals surface area contributed by atoms with Crippen LogP contribution >= 0.6 is 0 Å². The number of hydrogen-bond donors (Lipinski definition) is 2. The summed E-state index contributed by atoms with van der Waals surface area (Å²) in [6, 6.07) is 1.89. The van der Waals surface area contributed by atoms with Crippen molar-refractivity contribution in [1.82, 2.24) is 15.2 Å². The van der Waals surface area contributed by atoms with Crippen LogP contribution in [0.25, 0.3) is 11.0 Å². The molecule has 0 saturated heterocycles. The zero-order valence-electron chi connectivity index (χ0n) is 7.49. The molecular formula is C10H9N3O. The fraction of sp³-hybridized carbons (Fsp3) is 0.200. The van der Waals surface area contributed by atoms with E-state index >= 15 is 0 Å². The van der Waals surface area contributed by atoms with Gasteiger partial charge in [-0.05, 0) is 6.07 Å². The van der Waals surface area contributed by atoms with Gasteiger partial charge in [0.1, 0.15) is 5.52 Å². The summed E-state index contributed by atoms with van der Waals surface area (Å²) in [5.41, 5.74) is 2.54. The third kappa shape index (κ3) is 1.73. The van der Waals surface area contributed by atoms with Gasteiger partial charge < -0.3 is 5.11 Å². The third-order valence-electron chi connectivity index (χ3n) is 1.76. The largest absolute Gasteiger partial charge is 0.395 e. The highest BCUT2D eigenvalue weighted by atomic mass is 16.2. The summed E-state index contributed by atoms with van der Waals surface area (Å²) in [6.45, 7) is 0.0900. The fourth-order valence-corrected chi connectivity index (χ4v) is 1.12. The number of aromatic nitrogens is 3. The molecule has 14 heavy (non-hydrogen) atoms. The molecule has 2 rings (SSSR count). The van der Waals surface area contributed by atoms with Gasteiger partial charge in [-0.2, -0.15) is 5.10 Å². The van der Waals surface area contributed by atoms with Gasteiger partial charge in [0.05, 0.1) is 18.3 Å². The monoisotopic (exact) mass is 187 g/mol. The summed E-state index contributed by atoms with van der Waals surface area (Å²) >= 11 is 0. The molecule has 0 spiro atoms. The van der Waals surface area contributed by atoms with Crippen molar-refractivity contribution >= 4 is 11.0 Å². The summed E-state index contributed by atoms with van der Waals surface area (Å²) in [6.07, 6.45) is 3.85. The molecule has 70 valence electrons. The van der Waals surface area contributed by atoms with Crippen molar-refractivity contribution in [3.8, 4) is 11.8 Å². The Hall–Kier alpha value is -1.86. The molecule has 0 bridgehead atoms. The van der Waals surface area contributed by atoms with Crippen molar-refractivity contribution in [2.75, 3.05) is 6.61 Å². The Morgan fingerprint density at radius 1 is 1.43 bits per heavy atom. The fourth-order valence-electron chi connectivity index (χ4n) is 1.12. The van der Waals surface area contributed by atoms with Gasteiger partial charge in [0.15, 0.2) is 0 Å². The molecule has 2 aromatic rings. The number of rotatable bonds is 1. The van der Waals surface area contributed by atoms with E-state index in [1.165, 1.54) is 0 Å². The Kier molecular flexibility index (Phi) is 2.43. The number of pyridine rings is 1. The van der Waals surface area contributed by atoms with E-state index in [2.05, 4.69) is 27.0 Å². The summed E-state index contributed by atoms with van der Waals surface area (Å²) in [5.74, 6) is 5.74. The van der Waals surface area contributed by atoms with Crippen LogP contribution in [-0.2, 0) is 0 Å². The topological polar surface area (TPSA) is 61.8 Å². The predicted octanol–water partition coefficient (Wildman–Crippen LogP) is 0.692. The summed E-state index contributed by atoms with van der Waals surface area (Å²) in [5, 5.41) is 15.2. The number of nitrogens with one attached hydrogen (secondary N) is 1. The Bertz CT molecular complexity index is 493. The quantitative estimate of drug-likeness (QED) is 0.646. The Morgan fingerprint density at radius 2 is 2.36 bits per heavy atom. The van der Waals surface area contributed by atoms with Crippen LogP contribution in [0.1, 0.15) is 12.0 Å². The van der Waals surface area contributed by atoms with Crippen LogP contribution in [0.15, 0.2) is 18.5 Å². The molecule has 4 nitrogen and oxygen atoms in total. The van der Waals surface area contributed by atoms with Gasteiger partial charge in [0.25, 0.3) is 0 Å². The zero-order chi connectivity index (χ0) is 9.80. The van der Waals surface area contributed by atoms with Crippen LogP contribution < -0.4 is 0 Å². The van der Waals surface area contributed by atoms with Gasteiger partial charge in [-0.25, -0.2) is 0 Å². The lowest BCUT2D eigenvalue weighted by molar-refractivity contribution is 0.305. The van der Waals surface area contributed by atoms with Crippen LogP contribution in [0.3, 0.4) is 0 Å². The van der Waals surface area contributed by atoms with Gasteiger partial charge in [-0.1, -0.05) is 11.8 Å². The highest BCUT2D eigenvalue weighted by Crippen LogP contribution is 2.07. The van der Waals surface area contributed by atoms with Gasteiger partial charge in [0, 0.05) is 18.2 Å². The van der Waals surface area contributed by atoms with E-state index in [0.29, 0.717) is 6.42 Å². The molecular weight excluding hydrogens is 178 g/mol. The van der Waals surface area contributed by atoms with Crippen molar-refractivity contribution in [1.29, 1.82) is 0 Å². The van der Waals surface area contributed by atoms with E-state index in [-0.39, 0.29) is 6.61 Å². The second-order valence-electron chi connectivity index (χ2n) is 2.80. The predicted molar refractivity (Wildman–Crippen MR) is 52.5 cm³/mol. The Morgan fingerprint density at radius 3 is 3.21 bits per heavy atom. The average Bonchev–Trinajstić information content (AvgIpc) is 2.65. The smallest absolute Gasteiger partial charge is 0.108 e. The molecule has 0 fully saturated rings. The van der Waals surface area contributed by atoms with Gasteiger partial charge in [0.2, 0.25) is 0 Å². The molecule has 0 unspecified atom stereocenters. The van der Waals surface area contributed by atoms with E-state index in [4.69, 9.17) is 5.11 Å². The first-order chi connectivity index (χ1) is 6.90. The SMILES string of the molecule is OCCC#Cc1cnc2cn[nH]c2c1. The lowest BCUT2D eigenvalue weighted by Crippen LogP contribution is -1.80. The standard InChI is InChI=1S/C10H9N3O/c14-4-2-1-3-8-5-9-10(11-6-8)7-12-13-9/h5-7,14H,2,4H2,(H,12,13). The van der Waals surface area contributed by atoms with Crippen LogP contribution in [0.5, 0.6) is 0 Å². The molecule has 0 aliphatic rings. The van der Waals surface area contributed by atoms with Crippen LogP contribution in [0, 0.1) is 11.8 Å². The minimum absolute atomic E-state index is 0.0900. The summed E-state index contributed by atoms with van der Waals surface area (Å²) < 4.78 is 0. The average molecular weight is 187 g/mol. The summed E-state index contributed by atoms with van der Waals surface area (Å²) in [4.78, 5) is 4.16. The van der Waals surface area contributed by atoms with Crippen molar-refractivity contribution in [2.24, 2.45) is 0 Å². The Balaban J connectivity index is 2.31. The van der Waals surface area contributed by atoms with Crippen LogP contribution in [0.4, 0.5) is 0 Å². The van der Waals surface area contributed by atoms with Crippen LogP contribution in [-0.4, -0.2) is 26.9 Å². The number of nitrogens with zero attached hydrogens (tertiary/aromatic N) is 2. The number of fused-ring (bicyclic) bond motifs is 1. The number of H-pyrrole nitrogens is 1. The summed E-state index contributed by atoms with van der Waals surface area (Å²) in [7, 11) is 0. The number of hydrogen-bond acceptors (Lipinski definition) is 3. The van der Waals surface area contributed by atoms with E-state index in [1.807, 2.05) is 6.07 Å². The molecule has 2 heterocycles. The zero-order valence-corrected chi connectivity index (χ0v) is 7.49. The first-order valence-corrected chi connectivity index (χ1v) is 4.29.